The second kappa shape index (κ2) is 4.66. The first-order valence-electron chi connectivity index (χ1n) is 5.40. The lowest BCUT2D eigenvalue weighted by atomic mass is 9.79. The second-order valence-corrected chi connectivity index (χ2v) is 3.94. The van der Waals surface area contributed by atoms with E-state index in [1.54, 1.807) is 18.2 Å². The maximum Gasteiger partial charge on any atom is 0.482 e. The Labute approximate surface area is 98.2 Å². The van der Waals surface area contributed by atoms with Gasteiger partial charge in [-0.2, -0.15) is 0 Å². The lowest BCUT2D eigenvalue weighted by Gasteiger charge is -2.16. The standard InChI is InChI=1S/C13H11BF3/c15-14(16,17)10-12-8-4-5-9-13(12)11-6-2-1-3-7-11/h1-9H,10H2/q-1. The number of halogens is 3. The maximum absolute atomic E-state index is 12.5. The van der Waals surface area contributed by atoms with Gasteiger partial charge in [-0.15, -0.1) is 0 Å². The van der Waals surface area contributed by atoms with Gasteiger partial charge in [0.1, 0.15) is 0 Å². The average Bonchev–Trinajstić information content (AvgIpc) is 2.29. The lowest BCUT2D eigenvalue weighted by molar-refractivity contribution is 0.468. The van der Waals surface area contributed by atoms with Crippen LogP contribution in [0.5, 0.6) is 0 Å². The van der Waals surface area contributed by atoms with Crippen molar-refractivity contribution in [2.45, 2.75) is 6.32 Å². The fourth-order valence-electron chi connectivity index (χ4n) is 1.85. The molecular formula is C13H11BF3-. The first-order chi connectivity index (χ1) is 8.06. The summed E-state index contributed by atoms with van der Waals surface area (Å²) in [7, 11) is 0. The average molecular weight is 235 g/mol. The first kappa shape index (κ1) is 11.8. The summed E-state index contributed by atoms with van der Waals surface area (Å²) in [6.45, 7) is -4.80. The molecular weight excluding hydrogens is 224 g/mol. The van der Waals surface area contributed by atoms with Crippen molar-refractivity contribution >= 4 is 6.98 Å². The van der Waals surface area contributed by atoms with Crippen molar-refractivity contribution in [3.05, 3.63) is 60.2 Å². The minimum Gasteiger partial charge on any atom is -0.449 e. The van der Waals surface area contributed by atoms with Gasteiger partial charge in [-0.3, -0.25) is 0 Å². The van der Waals surface area contributed by atoms with Crippen molar-refractivity contribution in [2.24, 2.45) is 0 Å². The van der Waals surface area contributed by atoms with Gasteiger partial charge in [0.15, 0.2) is 0 Å². The Balaban J connectivity index is 2.41. The van der Waals surface area contributed by atoms with Crippen molar-refractivity contribution in [1.29, 1.82) is 0 Å². The fourth-order valence-corrected chi connectivity index (χ4v) is 1.85. The molecule has 0 aromatic heterocycles. The molecule has 0 bridgehead atoms. The van der Waals surface area contributed by atoms with Crippen LogP contribution in [0.25, 0.3) is 11.1 Å². The van der Waals surface area contributed by atoms with Crippen LogP contribution in [0.15, 0.2) is 54.6 Å². The third kappa shape index (κ3) is 3.13. The molecule has 0 heterocycles. The quantitative estimate of drug-likeness (QED) is 0.696. The Bertz CT molecular complexity index is 492. The zero-order valence-electron chi connectivity index (χ0n) is 9.11. The summed E-state index contributed by atoms with van der Waals surface area (Å²) in [5.41, 5.74) is 1.82. The van der Waals surface area contributed by atoms with Crippen LogP contribution in [-0.2, 0) is 6.32 Å². The monoisotopic (exact) mass is 235 g/mol. The summed E-state index contributed by atoms with van der Waals surface area (Å²) in [6, 6.07) is 15.8. The minimum absolute atomic E-state index is 0.339. The zero-order valence-corrected chi connectivity index (χ0v) is 9.11. The van der Waals surface area contributed by atoms with E-state index >= 15 is 0 Å². The third-order valence-corrected chi connectivity index (χ3v) is 2.55. The number of hydrogen-bond acceptors (Lipinski definition) is 0. The molecule has 2 aromatic rings. The minimum atomic E-state index is -4.80. The van der Waals surface area contributed by atoms with E-state index < -0.39 is 13.3 Å². The van der Waals surface area contributed by atoms with Crippen LogP contribution in [0.2, 0.25) is 0 Å². The predicted molar refractivity (Wildman–Crippen MR) is 64.7 cm³/mol. The predicted octanol–water partition coefficient (Wildman–Crippen LogP) is 4.28. The van der Waals surface area contributed by atoms with Gasteiger partial charge < -0.3 is 12.9 Å². The highest BCUT2D eigenvalue weighted by atomic mass is 19.4. The Kier molecular flexibility index (Phi) is 3.22. The van der Waals surface area contributed by atoms with Crippen molar-refractivity contribution < 1.29 is 12.9 Å². The molecule has 0 aliphatic carbocycles. The molecule has 88 valence electrons. The van der Waals surface area contributed by atoms with E-state index in [1.807, 2.05) is 30.3 Å². The van der Waals surface area contributed by atoms with Gasteiger partial charge in [0.25, 0.3) is 0 Å². The number of hydrogen-bond donors (Lipinski definition) is 0. The molecule has 2 aromatic carbocycles. The van der Waals surface area contributed by atoms with Gasteiger partial charge in [-0.05, 0) is 11.1 Å². The molecule has 0 spiro atoms. The summed E-state index contributed by atoms with van der Waals surface area (Å²) in [4.78, 5) is 0. The summed E-state index contributed by atoms with van der Waals surface area (Å²) in [5, 5.41) is 0. The third-order valence-electron chi connectivity index (χ3n) is 2.55. The molecule has 0 N–H and O–H groups in total. The van der Waals surface area contributed by atoms with Gasteiger partial charge in [0.2, 0.25) is 0 Å². The van der Waals surface area contributed by atoms with Gasteiger partial charge in [-0.1, -0.05) is 66.5 Å². The molecule has 2 rings (SSSR count). The van der Waals surface area contributed by atoms with E-state index in [1.165, 1.54) is 6.07 Å². The largest absolute Gasteiger partial charge is 0.482 e. The summed E-state index contributed by atoms with van der Waals surface area (Å²) >= 11 is 0. The zero-order chi connectivity index (χ0) is 12.3. The Hall–Kier alpha value is -1.71. The van der Waals surface area contributed by atoms with Gasteiger partial charge in [0.05, 0.1) is 0 Å². The lowest BCUT2D eigenvalue weighted by Crippen LogP contribution is -2.19. The molecule has 0 saturated carbocycles. The molecule has 0 unspecified atom stereocenters. The van der Waals surface area contributed by atoms with Crippen LogP contribution >= 0.6 is 0 Å². The molecule has 0 radical (unpaired) electrons. The van der Waals surface area contributed by atoms with Crippen LogP contribution < -0.4 is 0 Å². The van der Waals surface area contributed by atoms with Crippen LogP contribution in [-0.4, -0.2) is 6.98 Å². The molecule has 0 amide bonds. The highest BCUT2D eigenvalue weighted by Crippen LogP contribution is 2.27. The number of benzene rings is 2. The maximum atomic E-state index is 12.5. The van der Waals surface area contributed by atoms with Crippen molar-refractivity contribution in [3.63, 3.8) is 0 Å². The molecule has 0 nitrogen and oxygen atoms in total. The van der Waals surface area contributed by atoms with Crippen molar-refractivity contribution in [2.75, 3.05) is 0 Å². The topological polar surface area (TPSA) is 0 Å². The Morgan fingerprint density at radius 2 is 1.35 bits per heavy atom. The normalized spacial score (nSPS) is 11.5. The van der Waals surface area contributed by atoms with E-state index in [9.17, 15) is 12.9 Å². The van der Waals surface area contributed by atoms with Crippen molar-refractivity contribution in [1.82, 2.24) is 0 Å². The Morgan fingerprint density at radius 3 is 2.00 bits per heavy atom. The van der Waals surface area contributed by atoms with Gasteiger partial charge in [-0.25, -0.2) is 0 Å². The van der Waals surface area contributed by atoms with Crippen LogP contribution in [0.3, 0.4) is 0 Å². The molecule has 4 heteroatoms. The molecule has 0 saturated heterocycles. The van der Waals surface area contributed by atoms with Crippen LogP contribution in [0, 0.1) is 0 Å². The molecule has 0 aliphatic heterocycles. The molecule has 0 atom stereocenters. The molecule has 17 heavy (non-hydrogen) atoms. The van der Waals surface area contributed by atoms with Crippen molar-refractivity contribution in [3.8, 4) is 11.1 Å². The Morgan fingerprint density at radius 1 is 0.765 bits per heavy atom. The molecule has 0 aliphatic rings. The first-order valence-corrected chi connectivity index (χ1v) is 5.40. The van der Waals surface area contributed by atoms with Gasteiger partial charge in [0, 0.05) is 0 Å². The summed E-state index contributed by atoms with van der Waals surface area (Å²) in [6.07, 6.45) is -0.828. The van der Waals surface area contributed by atoms with E-state index in [-0.39, 0.29) is 0 Å². The van der Waals surface area contributed by atoms with E-state index in [2.05, 4.69) is 0 Å². The number of rotatable bonds is 3. The van der Waals surface area contributed by atoms with Crippen LogP contribution in [0.4, 0.5) is 12.9 Å². The van der Waals surface area contributed by atoms with E-state index in [0.717, 1.165) is 5.56 Å². The highest BCUT2D eigenvalue weighted by Gasteiger charge is 2.24. The molecule has 0 fully saturated rings. The fraction of sp³-hybridized carbons (Fsp3) is 0.0769. The summed E-state index contributed by atoms with van der Waals surface area (Å²) in [5.74, 6) is 0. The van der Waals surface area contributed by atoms with Gasteiger partial charge >= 0.3 is 6.98 Å². The summed E-state index contributed by atoms with van der Waals surface area (Å²) < 4.78 is 37.5. The van der Waals surface area contributed by atoms with E-state index in [0.29, 0.717) is 11.1 Å². The second-order valence-electron chi connectivity index (χ2n) is 3.94. The highest BCUT2D eigenvalue weighted by molar-refractivity contribution is 6.58. The van der Waals surface area contributed by atoms with Crippen LogP contribution in [0.1, 0.15) is 5.56 Å². The SMILES string of the molecule is F[B-](F)(F)Cc1ccccc1-c1ccccc1. The smallest absolute Gasteiger partial charge is 0.449 e. The van der Waals surface area contributed by atoms with E-state index in [4.69, 9.17) is 0 Å².